The van der Waals surface area contributed by atoms with Crippen molar-refractivity contribution < 1.29 is 43.2 Å². The van der Waals surface area contributed by atoms with Gasteiger partial charge in [-0.2, -0.15) is 4.31 Å². The van der Waals surface area contributed by atoms with E-state index in [1.807, 2.05) is 4.90 Å². The van der Waals surface area contributed by atoms with Crippen LogP contribution in [0.15, 0.2) is 0 Å². The highest BCUT2D eigenvalue weighted by atomic mass is 32.2. The van der Waals surface area contributed by atoms with E-state index in [2.05, 4.69) is 6.92 Å². The second-order valence-corrected chi connectivity index (χ2v) is 13.9. The van der Waals surface area contributed by atoms with Crippen molar-refractivity contribution in [2.75, 3.05) is 97.9 Å². The number of hydrogen-bond donors (Lipinski definition) is 4. The second kappa shape index (κ2) is 22.6. The number of aliphatic hydroxyl groups excluding tert-OH is 1. The van der Waals surface area contributed by atoms with Crippen molar-refractivity contribution in [3.63, 3.8) is 0 Å². The van der Waals surface area contributed by atoms with Gasteiger partial charge in [0.05, 0.1) is 32.0 Å². The Labute approximate surface area is 263 Å². The Bertz CT molecular complexity index is 908. The second-order valence-electron chi connectivity index (χ2n) is 11.9. The molecule has 1 aliphatic heterocycles. The maximum atomic E-state index is 12.5. The average Bonchev–Trinajstić information content (AvgIpc) is 2.91. The summed E-state index contributed by atoms with van der Waals surface area (Å²) in [5, 5.41) is 39.1. The van der Waals surface area contributed by atoms with Crippen LogP contribution >= 0.6 is 0 Å². The third-order valence-electron chi connectivity index (χ3n) is 7.87. The summed E-state index contributed by atoms with van der Waals surface area (Å²) < 4.78 is 26.3. The van der Waals surface area contributed by atoms with Crippen LogP contribution in [0.25, 0.3) is 0 Å². The molecule has 0 radical (unpaired) electrons. The van der Waals surface area contributed by atoms with E-state index in [0.717, 1.165) is 25.5 Å². The topological polar surface area (TPSA) is 182 Å². The summed E-state index contributed by atoms with van der Waals surface area (Å²) in [7, 11) is -3.54. The lowest BCUT2D eigenvalue weighted by Crippen LogP contribution is -2.50. The van der Waals surface area contributed by atoms with Crippen LogP contribution in [-0.4, -0.2) is 175 Å². The molecule has 1 atom stereocenters. The van der Waals surface area contributed by atoms with E-state index in [0.29, 0.717) is 65.3 Å². The van der Waals surface area contributed by atoms with Gasteiger partial charge in [0.1, 0.15) is 0 Å². The summed E-state index contributed by atoms with van der Waals surface area (Å²) in [5.74, 6) is -3.05. The molecule has 14 nitrogen and oxygen atoms in total. The first-order valence-electron chi connectivity index (χ1n) is 16.0. The van der Waals surface area contributed by atoms with Crippen molar-refractivity contribution in [3.8, 4) is 0 Å². The van der Waals surface area contributed by atoms with Crippen molar-refractivity contribution in [3.05, 3.63) is 0 Å². The molecule has 0 amide bonds. The number of carbonyl (C=O) groups is 3. The predicted molar refractivity (Wildman–Crippen MR) is 168 cm³/mol. The van der Waals surface area contributed by atoms with Crippen molar-refractivity contribution >= 4 is 27.9 Å². The summed E-state index contributed by atoms with van der Waals surface area (Å²) in [4.78, 5) is 41.3. The van der Waals surface area contributed by atoms with E-state index in [9.17, 15) is 43.2 Å². The molecule has 1 heterocycles. The molecule has 0 spiro atoms. The fourth-order valence-corrected chi connectivity index (χ4v) is 6.30. The molecule has 0 aromatic carbocycles. The molecule has 1 rings (SSSR count). The summed E-state index contributed by atoms with van der Waals surface area (Å²) >= 11 is 0. The number of carboxylic acids is 3. The number of unbranched alkanes of at least 4 members (excludes halogenated alkanes) is 8. The van der Waals surface area contributed by atoms with Crippen molar-refractivity contribution in [2.45, 2.75) is 70.8 Å². The highest BCUT2D eigenvalue weighted by Gasteiger charge is 2.24. The lowest BCUT2D eigenvalue weighted by molar-refractivity contribution is -0.140. The molecule has 0 aromatic heterocycles. The van der Waals surface area contributed by atoms with E-state index in [1.54, 1.807) is 14.7 Å². The minimum atomic E-state index is -3.54. The van der Waals surface area contributed by atoms with Crippen LogP contribution in [0, 0.1) is 0 Å². The Morgan fingerprint density at radius 1 is 0.636 bits per heavy atom. The van der Waals surface area contributed by atoms with E-state index in [1.165, 1.54) is 36.4 Å². The molecular formula is C29H57N5O9S. The van der Waals surface area contributed by atoms with Crippen LogP contribution in [0.4, 0.5) is 0 Å². The number of carboxylic acid groups (broad SMARTS) is 3. The molecule has 1 saturated heterocycles. The van der Waals surface area contributed by atoms with Gasteiger partial charge in [0.15, 0.2) is 0 Å². The lowest BCUT2D eigenvalue weighted by Gasteiger charge is -2.34. The number of aliphatic carboxylic acids is 3. The van der Waals surface area contributed by atoms with Gasteiger partial charge in [-0.1, -0.05) is 58.3 Å². The first-order chi connectivity index (χ1) is 20.8. The number of hydrogen-bond acceptors (Lipinski definition) is 10. The Hall–Kier alpha value is -1.88. The Balaban J connectivity index is 2.83. The summed E-state index contributed by atoms with van der Waals surface area (Å²) in [6.07, 6.45) is 10.1. The first kappa shape index (κ1) is 40.1. The smallest absolute Gasteiger partial charge is 0.317 e. The molecule has 0 aromatic rings. The zero-order valence-corrected chi connectivity index (χ0v) is 27.6. The quantitative estimate of drug-likeness (QED) is 0.127. The average molecular weight is 652 g/mol. The first-order valence-corrected chi connectivity index (χ1v) is 17.8. The van der Waals surface area contributed by atoms with Crippen molar-refractivity contribution in [1.29, 1.82) is 0 Å². The van der Waals surface area contributed by atoms with Gasteiger partial charge in [-0.05, 0) is 6.42 Å². The van der Waals surface area contributed by atoms with Gasteiger partial charge >= 0.3 is 17.9 Å². The molecule has 258 valence electrons. The minimum Gasteiger partial charge on any atom is -0.480 e. The molecule has 4 N–H and O–H groups in total. The Morgan fingerprint density at radius 3 is 1.32 bits per heavy atom. The summed E-state index contributed by atoms with van der Waals surface area (Å²) in [6.45, 7) is 4.46. The third-order valence-corrected chi connectivity index (χ3v) is 9.14. The maximum absolute atomic E-state index is 12.5. The summed E-state index contributed by atoms with van der Waals surface area (Å²) in [6, 6.07) is 0. The van der Waals surface area contributed by atoms with Gasteiger partial charge in [0, 0.05) is 72.0 Å². The van der Waals surface area contributed by atoms with Crippen molar-refractivity contribution in [2.24, 2.45) is 0 Å². The minimum absolute atomic E-state index is 0.0613. The largest absolute Gasteiger partial charge is 0.480 e. The number of β-amino-alcohol motifs (C(OH)–C–C–N with tert-alkyl or cyclic N) is 1. The highest BCUT2D eigenvalue weighted by Crippen LogP contribution is 2.12. The third kappa shape index (κ3) is 20.2. The van der Waals surface area contributed by atoms with Crippen LogP contribution in [0.2, 0.25) is 0 Å². The fraction of sp³-hybridized carbons (Fsp3) is 0.897. The van der Waals surface area contributed by atoms with E-state index < -0.39 is 34.0 Å². The van der Waals surface area contributed by atoms with Crippen LogP contribution in [-0.2, 0) is 24.4 Å². The van der Waals surface area contributed by atoms with Gasteiger partial charge in [0.2, 0.25) is 10.0 Å². The van der Waals surface area contributed by atoms with Crippen LogP contribution < -0.4 is 0 Å². The van der Waals surface area contributed by atoms with Crippen LogP contribution in [0.5, 0.6) is 0 Å². The van der Waals surface area contributed by atoms with Crippen LogP contribution in [0.3, 0.4) is 0 Å². The number of nitrogens with zero attached hydrogens (tertiary/aromatic N) is 5. The van der Waals surface area contributed by atoms with Crippen molar-refractivity contribution in [1.82, 2.24) is 23.9 Å². The lowest BCUT2D eigenvalue weighted by atomic mass is 10.1. The number of sulfonamides is 1. The predicted octanol–water partition coefficient (Wildman–Crippen LogP) is 0.615. The molecule has 0 bridgehead atoms. The monoisotopic (exact) mass is 651 g/mol. The number of rotatable bonds is 21. The highest BCUT2D eigenvalue weighted by molar-refractivity contribution is 7.88. The standard InChI is InChI=1S/C29H57N5O9S/c1-3-4-5-6-7-8-9-10-11-12-34(44(2,42)43)22-26(35)21-30-13-15-31(23-27(36)37)17-19-33(25-29(40)41)20-18-32(16-14-30)24-28(38)39/h26,35H,3-25H2,1-2H3,(H,36,37)(H,38,39)(H,40,41). The zero-order valence-electron chi connectivity index (χ0n) is 26.8. The van der Waals surface area contributed by atoms with Gasteiger partial charge < -0.3 is 20.4 Å². The molecule has 44 heavy (non-hydrogen) atoms. The molecule has 1 unspecified atom stereocenters. The van der Waals surface area contributed by atoms with E-state index in [4.69, 9.17) is 0 Å². The Morgan fingerprint density at radius 2 is 0.977 bits per heavy atom. The van der Waals surface area contributed by atoms with Gasteiger partial charge in [-0.3, -0.25) is 34.0 Å². The normalized spacial score (nSPS) is 18.1. The van der Waals surface area contributed by atoms with Gasteiger partial charge in [-0.25, -0.2) is 8.42 Å². The van der Waals surface area contributed by atoms with Crippen LogP contribution in [0.1, 0.15) is 64.7 Å². The SMILES string of the molecule is CCCCCCCCCCCN(CC(O)CN1CCN(CC(=O)O)CCN(CC(=O)O)CCN(CC(=O)O)CC1)S(C)(=O)=O. The molecule has 0 saturated carbocycles. The van der Waals surface area contributed by atoms with E-state index in [-0.39, 0.29) is 32.7 Å². The molecular weight excluding hydrogens is 594 g/mol. The zero-order chi connectivity index (χ0) is 33.0. The summed E-state index contributed by atoms with van der Waals surface area (Å²) in [5.41, 5.74) is 0. The van der Waals surface area contributed by atoms with Gasteiger partial charge in [-0.15, -0.1) is 0 Å². The number of aliphatic hydroxyl groups is 1. The molecule has 15 heteroatoms. The van der Waals surface area contributed by atoms with Gasteiger partial charge in [0.25, 0.3) is 0 Å². The molecule has 1 fully saturated rings. The molecule has 1 aliphatic rings. The maximum Gasteiger partial charge on any atom is 0.317 e. The molecule has 0 aliphatic carbocycles. The Kier molecular flexibility index (Phi) is 20.6. The fourth-order valence-electron chi connectivity index (χ4n) is 5.39. The van der Waals surface area contributed by atoms with E-state index >= 15 is 0 Å².